The van der Waals surface area contributed by atoms with Crippen LogP contribution in [0, 0.1) is 0 Å². The molecule has 0 bridgehead atoms. The number of β-amino-alcohol motifs (C(OH)–C–C–N with tert-alkyl or cyclic N) is 1. The van der Waals surface area contributed by atoms with Crippen molar-refractivity contribution < 1.29 is 33.9 Å². The number of rotatable bonds is 10. The Hall–Kier alpha value is -1.94. The third kappa shape index (κ3) is 6.54. The van der Waals surface area contributed by atoms with Gasteiger partial charge in [-0.25, -0.2) is 8.78 Å². The highest BCUT2D eigenvalue weighted by atomic mass is 19.3. The molecule has 1 unspecified atom stereocenters. The second-order valence-corrected chi connectivity index (χ2v) is 8.30. The van der Waals surface area contributed by atoms with Crippen molar-refractivity contribution in [3.8, 4) is 11.1 Å². The third-order valence-electron chi connectivity index (χ3n) is 5.81. The van der Waals surface area contributed by atoms with E-state index in [9.17, 15) is 29.2 Å². The van der Waals surface area contributed by atoms with E-state index in [-0.39, 0.29) is 19.6 Å². The molecule has 4 N–H and O–H groups in total. The van der Waals surface area contributed by atoms with Crippen LogP contribution in [0.1, 0.15) is 18.4 Å². The highest BCUT2D eigenvalue weighted by Crippen LogP contribution is 2.27. The Morgan fingerprint density at radius 3 is 2.25 bits per heavy atom. The lowest BCUT2D eigenvalue weighted by molar-refractivity contribution is -0.163. The number of halogens is 2. The van der Waals surface area contributed by atoms with Gasteiger partial charge < -0.3 is 25.2 Å². The number of nitrogens with zero attached hydrogens (tertiary/aromatic N) is 1. The molecule has 1 aliphatic heterocycles. The van der Waals surface area contributed by atoms with Crippen molar-refractivity contribution in [1.82, 2.24) is 4.90 Å². The zero-order chi connectivity index (χ0) is 23.1. The fraction of sp³-hybridized carbons (Fsp3) is 0.500. The molecule has 6 nitrogen and oxygen atoms in total. The number of hydrogen-bond acceptors (Lipinski definition) is 6. The van der Waals surface area contributed by atoms with Gasteiger partial charge in [0.15, 0.2) is 0 Å². The van der Waals surface area contributed by atoms with Crippen LogP contribution < -0.4 is 0 Å². The van der Waals surface area contributed by atoms with Crippen LogP contribution in [0.25, 0.3) is 11.1 Å². The van der Waals surface area contributed by atoms with Gasteiger partial charge in [-0.1, -0.05) is 54.6 Å². The summed E-state index contributed by atoms with van der Waals surface area (Å²) < 4.78 is 34.4. The molecule has 0 spiro atoms. The number of piperidine rings is 1. The average Bonchev–Trinajstić information content (AvgIpc) is 2.78. The van der Waals surface area contributed by atoms with E-state index in [4.69, 9.17) is 4.74 Å². The Balaban J connectivity index is 1.41. The average molecular weight is 452 g/mol. The number of hydrogen-bond donors (Lipinski definition) is 4. The van der Waals surface area contributed by atoms with Gasteiger partial charge in [-0.05, 0) is 23.1 Å². The van der Waals surface area contributed by atoms with Crippen molar-refractivity contribution in [2.24, 2.45) is 0 Å². The largest absolute Gasteiger partial charge is 0.395 e. The maximum Gasteiger partial charge on any atom is 0.260 e. The number of aliphatic hydroxyl groups excluding tert-OH is 4. The maximum atomic E-state index is 14.4. The van der Waals surface area contributed by atoms with E-state index in [0.717, 1.165) is 21.6 Å². The van der Waals surface area contributed by atoms with E-state index in [1.165, 1.54) is 0 Å². The molecule has 1 saturated heterocycles. The first-order valence-corrected chi connectivity index (χ1v) is 10.8. The van der Waals surface area contributed by atoms with Crippen LogP contribution in [-0.2, 0) is 11.3 Å². The predicted octanol–water partition coefficient (Wildman–Crippen LogP) is 2.04. The van der Waals surface area contributed by atoms with Crippen molar-refractivity contribution in [1.29, 1.82) is 0 Å². The van der Waals surface area contributed by atoms with Gasteiger partial charge in [-0.2, -0.15) is 0 Å². The number of likely N-dealkylation sites (tertiary alicyclic amines) is 1. The van der Waals surface area contributed by atoms with Crippen molar-refractivity contribution in [2.45, 2.75) is 49.7 Å². The molecule has 176 valence electrons. The smallest absolute Gasteiger partial charge is 0.260 e. The van der Waals surface area contributed by atoms with Crippen LogP contribution in [0.2, 0.25) is 0 Å². The minimum absolute atomic E-state index is 0.139. The van der Waals surface area contributed by atoms with Crippen molar-refractivity contribution in [2.75, 3.05) is 26.3 Å². The minimum Gasteiger partial charge on any atom is -0.395 e. The number of aliphatic hydroxyl groups is 4. The minimum atomic E-state index is -3.09. The number of alkyl halides is 2. The lowest BCUT2D eigenvalue weighted by Gasteiger charge is -2.44. The summed E-state index contributed by atoms with van der Waals surface area (Å²) in [5, 5.41) is 38.8. The Morgan fingerprint density at radius 1 is 0.938 bits per heavy atom. The molecule has 1 fully saturated rings. The summed E-state index contributed by atoms with van der Waals surface area (Å²) in [6.45, 7) is -1.05. The molecule has 2 aromatic carbocycles. The van der Waals surface area contributed by atoms with Gasteiger partial charge in [0.1, 0.15) is 12.2 Å². The summed E-state index contributed by atoms with van der Waals surface area (Å²) in [5.74, 6) is -3.09. The summed E-state index contributed by atoms with van der Waals surface area (Å²) in [6.07, 6.45) is -4.59. The lowest BCUT2D eigenvalue weighted by atomic mass is 9.93. The Kier molecular flexibility index (Phi) is 8.70. The maximum absolute atomic E-state index is 14.4. The summed E-state index contributed by atoms with van der Waals surface area (Å²) in [6, 6.07) is 16.8. The zero-order valence-corrected chi connectivity index (χ0v) is 17.9. The van der Waals surface area contributed by atoms with Gasteiger partial charge in [0, 0.05) is 19.6 Å². The molecule has 3 rings (SSSR count). The molecule has 0 aromatic heterocycles. The van der Waals surface area contributed by atoms with Crippen LogP contribution in [0.15, 0.2) is 54.6 Å². The SMILES string of the molecule is OC[C@H]1[C@@H](O)C(O)[C@@H](O)CN1CC(F)(F)CCCOCc1ccc(-c2ccccc2)cc1. The standard InChI is InChI=1S/C24H31F2NO5/c25-24(26,16-27-13-21(29)23(31)22(30)20(27)14-28)11-4-12-32-15-17-7-9-19(10-8-17)18-5-2-1-3-6-18/h1-3,5-10,20-23,28-31H,4,11-16H2/t20-,21-,22+,23?/m0/s1. The molecular formula is C24H31F2NO5. The molecule has 32 heavy (non-hydrogen) atoms. The van der Waals surface area contributed by atoms with E-state index in [1.54, 1.807) is 0 Å². The topological polar surface area (TPSA) is 93.4 Å². The number of ether oxygens (including phenoxy) is 1. The highest BCUT2D eigenvalue weighted by molar-refractivity contribution is 5.63. The van der Waals surface area contributed by atoms with Gasteiger partial charge >= 0.3 is 0 Å². The molecule has 2 aromatic rings. The van der Waals surface area contributed by atoms with Crippen LogP contribution >= 0.6 is 0 Å². The second kappa shape index (κ2) is 11.3. The van der Waals surface area contributed by atoms with Crippen LogP contribution in [-0.4, -0.2) is 81.9 Å². The molecule has 1 aliphatic rings. The second-order valence-electron chi connectivity index (χ2n) is 8.30. The van der Waals surface area contributed by atoms with Gasteiger partial charge in [-0.3, -0.25) is 4.90 Å². The monoisotopic (exact) mass is 451 g/mol. The first-order chi connectivity index (χ1) is 15.3. The Morgan fingerprint density at radius 2 is 1.59 bits per heavy atom. The van der Waals surface area contributed by atoms with E-state index in [1.807, 2.05) is 54.6 Å². The van der Waals surface area contributed by atoms with Crippen molar-refractivity contribution in [3.63, 3.8) is 0 Å². The normalized spacial score (nSPS) is 24.6. The molecular weight excluding hydrogens is 420 g/mol. The van der Waals surface area contributed by atoms with E-state index in [0.29, 0.717) is 6.61 Å². The molecule has 0 amide bonds. The molecule has 0 radical (unpaired) electrons. The zero-order valence-electron chi connectivity index (χ0n) is 17.9. The summed E-state index contributed by atoms with van der Waals surface area (Å²) in [7, 11) is 0. The third-order valence-corrected chi connectivity index (χ3v) is 5.81. The van der Waals surface area contributed by atoms with Gasteiger partial charge in [0.05, 0.1) is 31.9 Å². The van der Waals surface area contributed by atoms with Crippen LogP contribution in [0.3, 0.4) is 0 Å². The Bertz CT molecular complexity index is 821. The van der Waals surface area contributed by atoms with Crippen LogP contribution in [0.5, 0.6) is 0 Å². The molecule has 1 heterocycles. The van der Waals surface area contributed by atoms with Gasteiger partial charge in [0.2, 0.25) is 0 Å². The summed E-state index contributed by atoms with van der Waals surface area (Å²) >= 11 is 0. The summed E-state index contributed by atoms with van der Waals surface area (Å²) in [4.78, 5) is 1.14. The van der Waals surface area contributed by atoms with Crippen molar-refractivity contribution >= 4 is 0 Å². The molecule has 8 heteroatoms. The highest BCUT2D eigenvalue weighted by Gasteiger charge is 2.44. The lowest BCUT2D eigenvalue weighted by Crippen LogP contribution is -2.64. The molecule has 0 saturated carbocycles. The first-order valence-electron chi connectivity index (χ1n) is 10.8. The van der Waals surface area contributed by atoms with Crippen LogP contribution in [0.4, 0.5) is 8.78 Å². The van der Waals surface area contributed by atoms with E-state index < -0.39 is 49.8 Å². The quantitative estimate of drug-likeness (QED) is 0.413. The van der Waals surface area contributed by atoms with Crippen molar-refractivity contribution in [3.05, 3.63) is 60.2 Å². The van der Waals surface area contributed by atoms with Gasteiger partial charge in [0.25, 0.3) is 5.92 Å². The predicted molar refractivity (Wildman–Crippen MR) is 116 cm³/mol. The van der Waals surface area contributed by atoms with E-state index in [2.05, 4.69) is 0 Å². The number of benzene rings is 2. The first kappa shape index (κ1) is 24.7. The fourth-order valence-corrected chi connectivity index (χ4v) is 3.98. The Labute approximate surface area is 186 Å². The molecule has 0 aliphatic carbocycles. The van der Waals surface area contributed by atoms with E-state index >= 15 is 0 Å². The fourth-order valence-electron chi connectivity index (χ4n) is 3.98. The van der Waals surface area contributed by atoms with Gasteiger partial charge in [-0.15, -0.1) is 0 Å². The summed E-state index contributed by atoms with van der Waals surface area (Å²) in [5.41, 5.74) is 3.17. The molecule has 4 atom stereocenters.